The van der Waals surface area contributed by atoms with Gasteiger partial charge >= 0.3 is 0 Å². The maximum absolute atomic E-state index is 14.1. The highest BCUT2D eigenvalue weighted by molar-refractivity contribution is 8.25. The second-order valence-electron chi connectivity index (χ2n) is 5.04. The predicted molar refractivity (Wildman–Crippen MR) is 106 cm³/mol. The van der Waals surface area contributed by atoms with Gasteiger partial charge in [-0.1, -0.05) is 11.6 Å². The number of amidine groups is 1. The highest BCUT2D eigenvalue weighted by Gasteiger charge is 2.19. The average Bonchev–Trinajstić information content (AvgIpc) is 2.65. The third kappa shape index (κ3) is 5.50. The standard InChI is InChI=1S/C17H16ClF2N3O2S2/c1-24-11-4-3-10(15(5-11)25-2)8-23(17(22)26-9-21)27-16-6-12(18)13(19)7-14(16)20/h3-7,9,21-22H,8H2,1-2H3. The van der Waals surface area contributed by atoms with Gasteiger partial charge in [0.1, 0.15) is 23.1 Å². The molecule has 0 spiro atoms. The second kappa shape index (κ2) is 9.82. The van der Waals surface area contributed by atoms with Crippen molar-refractivity contribution in [1.82, 2.24) is 4.31 Å². The Morgan fingerprint density at radius 2 is 1.93 bits per heavy atom. The molecule has 0 aliphatic rings. The van der Waals surface area contributed by atoms with Crippen LogP contribution < -0.4 is 9.47 Å². The summed E-state index contributed by atoms with van der Waals surface area (Å²) in [6.07, 6.45) is 0. The van der Waals surface area contributed by atoms with Gasteiger partial charge in [0.15, 0.2) is 5.17 Å². The van der Waals surface area contributed by atoms with Gasteiger partial charge in [0.25, 0.3) is 0 Å². The zero-order valence-electron chi connectivity index (χ0n) is 14.4. The number of nitrogens with zero attached hydrogens (tertiary/aromatic N) is 1. The van der Waals surface area contributed by atoms with Crippen LogP contribution in [0.3, 0.4) is 0 Å². The smallest absolute Gasteiger partial charge is 0.172 e. The highest BCUT2D eigenvalue weighted by Crippen LogP contribution is 2.34. The fourth-order valence-electron chi connectivity index (χ4n) is 2.09. The van der Waals surface area contributed by atoms with Gasteiger partial charge in [-0.15, -0.1) is 0 Å². The van der Waals surface area contributed by atoms with Crippen LogP contribution in [0.15, 0.2) is 35.2 Å². The van der Waals surface area contributed by atoms with Gasteiger partial charge in [-0.2, -0.15) is 0 Å². The summed E-state index contributed by atoms with van der Waals surface area (Å²) in [4.78, 5) is 0.0595. The van der Waals surface area contributed by atoms with E-state index >= 15 is 0 Å². The molecule has 2 aromatic rings. The minimum absolute atomic E-state index is 0.00674. The largest absolute Gasteiger partial charge is 0.497 e. The summed E-state index contributed by atoms with van der Waals surface area (Å²) in [6, 6.07) is 7.06. The fraction of sp³-hybridized carbons (Fsp3) is 0.176. The molecule has 0 aromatic heterocycles. The summed E-state index contributed by atoms with van der Waals surface area (Å²) >= 11 is 7.48. The van der Waals surface area contributed by atoms with Gasteiger partial charge in [0, 0.05) is 17.7 Å². The van der Waals surface area contributed by atoms with Gasteiger partial charge in [-0.3, -0.25) is 9.71 Å². The predicted octanol–water partition coefficient (Wildman–Crippen LogP) is 5.42. The number of rotatable bonds is 7. The SMILES string of the molecule is COc1ccc(CN(Sc2cc(Cl)c(F)cc2F)C(=N)SC=N)c(OC)c1. The first-order chi connectivity index (χ1) is 12.9. The van der Waals surface area contributed by atoms with Crippen molar-refractivity contribution in [2.24, 2.45) is 0 Å². The lowest BCUT2D eigenvalue weighted by atomic mass is 10.2. The average molecular weight is 432 g/mol. The summed E-state index contributed by atoms with van der Waals surface area (Å²) < 4.78 is 39.5. The molecule has 2 N–H and O–H groups in total. The lowest BCUT2D eigenvalue weighted by Crippen LogP contribution is -2.21. The monoisotopic (exact) mass is 431 g/mol. The van der Waals surface area contributed by atoms with Crippen molar-refractivity contribution >= 4 is 46.0 Å². The molecule has 0 heterocycles. The molecule has 5 nitrogen and oxygen atoms in total. The van der Waals surface area contributed by atoms with Crippen LogP contribution in [0.1, 0.15) is 5.56 Å². The van der Waals surface area contributed by atoms with Crippen molar-refractivity contribution in [3.8, 4) is 11.5 Å². The Bertz CT molecular complexity index is 855. The molecular formula is C17H16ClF2N3O2S2. The van der Waals surface area contributed by atoms with Crippen LogP contribution in [0.4, 0.5) is 8.78 Å². The van der Waals surface area contributed by atoms with Gasteiger partial charge in [-0.25, -0.2) is 8.78 Å². The van der Waals surface area contributed by atoms with Gasteiger partial charge in [-0.05, 0) is 41.9 Å². The van der Waals surface area contributed by atoms with Crippen LogP contribution >= 0.6 is 35.3 Å². The zero-order chi connectivity index (χ0) is 20.0. The number of thioether (sulfide) groups is 1. The van der Waals surface area contributed by atoms with Crippen LogP contribution in [0.5, 0.6) is 11.5 Å². The van der Waals surface area contributed by atoms with Crippen molar-refractivity contribution in [2.75, 3.05) is 14.2 Å². The number of hydrogen-bond acceptors (Lipinski definition) is 6. The van der Waals surface area contributed by atoms with Crippen molar-refractivity contribution in [1.29, 1.82) is 10.8 Å². The van der Waals surface area contributed by atoms with E-state index in [1.54, 1.807) is 18.2 Å². The molecule has 2 rings (SSSR count). The Kier molecular flexibility index (Phi) is 7.76. The number of hydrogen-bond donors (Lipinski definition) is 2. The molecule has 0 atom stereocenters. The number of benzene rings is 2. The van der Waals surface area contributed by atoms with E-state index < -0.39 is 11.6 Å². The van der Waals surface area contributed by atoms with Crippen molar-refractivity contribution in [3.63, 3.8) is 0 Å². The van der Waals surface area contributed by atoms with Crippen LogP contribution in [0.2, 0.25) is 5.02 Å². The molecule has 0 saturated carbocycles. The summed E-state index contributed by atoms with van der Waals surface area (Å²) in [7, 11) is 3.04. The first kappa shape index (κ1) is 21.3. The third-order valence-corrected chi connectivity index (χ3v) is 5.40. The molecule has 10 heteroatoms. The van der Waals surface area contributed by atoms with Gasteiger partial charge in [0.2, 0.25) is 0 Å². The van der Waals surface area contributed by atoms with E-state index in [0.29, 0.717) is 17.6 Å². The fourth-order valence-corrected chi connectivity index (χ4v) is 3.69. The zero-order valence-corrected chi connectivity index (χ0v) is 16.8. The lowest BCUT2D eigenvalue weighted by Gasteiger charge is -2.24. The summed E-state index contributed by atoms with van der Waals surface area (Å²) in [5, 5.41) is 15.1. The van der Waals surface area contributed by atoms with Gasteiger partial charge in [0.05, 0.1) is 36.2 Å². The molecule has 2 aromatic carbocycles. The van der Waals surface area contributed by atoms with Crippen LogP contribution in [0, 0.1) is 22.5 Å². The highest BCUT2D eigenvalue weighted by atomic mass is 35.5. The van der Waals surface area contributed by atoms with E-state index in [4.69, 9.17) is 31.9 Å². The Morgan fingerprint density at radius 3 is 2.56 bits per heavy atom. The summed E-state index contributed by atoms with van der Waals surface area (Å²) in [5.74, 6) is -0.507. The van der Waals surface area contributed by atoms with Crippen molar-refractivity contribution in [3.05, 3.63) is 52.6 Å². The topological polar surface area (TPSA) is 69.4 Å². The summed E-state index contributed by atoms with van der Waals surface area (Å²) in [5.41, 5.74) is 1.71. The van der Waals surface area contributed by atoms with E-state index in [0.717, 1.165) is 40.9 Å². The summed E-state index contributed by atoms with van der Waals surface area (Å²) in [6.45, 7) is 0.173. The Hall–Kier alpha value is -1.97. The maximum Gasteiger partial charge on any atom is 0.172 e. The molecule has 0 aliphatic heterocycles. The molecule has 0 saturated heterocycles. The third-order valence-electron chi connectivity index (χ3n) is 3.39. The molecule has 0 bridgehead atoms. The quantitative estimate of drug-likeness (QED) is 0.265. The Morgan fingerprint density at radius 1 is 1.19 bits per heavy atom. The van der Waals surface area contributed by atoms with E-state index in [1.807, 2.05) is 0 Å². The van der Waals surface area contributed by atoms with Crippen LogP contribution in [-0.4, -0.2) is 29.2 Å². The molecule has 0 unspecified atom stereocenters. The van der Waals surface area contributed by atoms with Gasteiger partial charge < -0.3 is 14.9 Å². The molecule has 0 fully saturated rings. The number of nitrogens with one attached hydrogen (secondary N) is 2. The minimum Gasteiger partial charge on any atom is -0.497 e. The molecule has 0 radical (unpaired) electrons. The molecule has 0 amide bonds. The maximum atomic E-state index is 14.1. The second-order valence-corrected chi connectivity index (χ2v) is 7.37. The first-order valence-corrected chi connectivity index (χ1v) is 9.47. The molecule has 0 aliphatic carbocycles. The lowest BCUT2D eigenvalue weighted by molar-refractivity contribution is 0.389. The first-order valence-electron chi connectivity index (χ1n) is 7.44. The molecular weight excluding hydrogens is 416 g/mol. The van der Waals surface area contributed by atoms with E-state index in [1.165, 1.54) is 18.5 Å². The number of halogens is 3. The van der Waals surface area contributed by atoms with E-state index in [-0.39, 0.29) is 21.6 Å². The minimum atomic E-state index is -0.856. The van der Waals surface area contributed by atoms with Crippen LogP contribution in [0.25, 0.3) is 0 Å². The Balaban J connectivity index is 2.34. The van der Waals surface area contributed by atoms with Crippen LogP contribution in [-0.2, 0) is 6.54 Å². The Labute approximate surface area is 169 Å². The normalized spacial score (nSPS) is 10.4. The van der Waals surface area contributed by atoms with Crippen molar-refractivity contribution in [2.45, 2.75) is 11.4 Å². The molecule has 27 heavy (non-hydrogen) atoms. The van der Waals surface area contributed by atoms with E-state index in [9.17, 15) is 8.78 Å². The van der Waals surface area contributed by atoms with E-state index in [2.05, 4.69) is 0 Å². The van der Waals surface area contributed by atoms with Crippen molar-refractivity contribution < 1.29 is 18.3 Å². The number of methoxy groups -OCH3 is 2. The number of ether oxygens (including phenoxy) is 2. The molecule has 144 valence electrons.